The predicted octanol–water partition coefficient (Wildman–Crippen LogP) is -0.369. The van der Waals surface area contributed by atoms with E-state index in [1.165, 1.54) is 0 Å². The molecule has 0 saturated carbocycles. The number of aliphatic hydroxyl groups excluding tert-OH is 4. The molecule has 1 saturated heterocycles. The molecule has 3 aromatic rings. The number of hydrogen-bond acceptors (Lipinski definition) is 12. The zero-order valence-electron chi connectivity index (χ0n) is 17.6. The number of anilines is 1. The van der Waals surface area contributed by atoms with Crippen molar-refractivity contribution in [2.75, 3.05) is 18.9 Å². The number of nitrogen functional groups attached to an aromatic ring is 1. The topological polar surface area (TPSA) is 178 Å². The second kappa shape index (κ2) is 10.9. The number of aliphatic hydroxyl groups is 4. The smallest absolute Gasteiger partial charge is 0.247 e. The van der Waals surface area contributed by atoms with Gasteiger partial charge >= 0.3 is 0 Å². The third-order valence-corrected chi connectivity index (χ3v) is 6.64. The first kappa shape index (κ1) is 24.8. The van der Waals surface area contributed by atoms with Gasteiger partial charge in [0.2, 0.25) is 11.8 Å². The number of thiophene rings is 1. The Balaban J connectivity index is 1.37. The first-order valence-electron chi connectivity index (χ1n) is 10.1. The summed E-state index contributed by atoms with van der Waals surface area (Å²) in [6.45, 7) is -0.144. The molecule has 1 fully saturated rings. The van der Waals surface area contributed by atoms with Crippen molar-refractivity contribution in [3.05, 3.63) is 27.1 Å². The standard InChI is InChI=1S/C20H22BrN5O7S/c21-10-5-11(34-8-10)7-32-18-13-17(24-20(22)25-18)26(9-23-13)3-1-2-4-31-19-16(30)15(29)14(28)12(6-27)33-19/h5,8-9,12,14-16,19,27-30H,3-4,6-7H2,(H2,22,24,25)/t12?,14-,15-,16?,19+/m1/s1. The van der Waals surface area contributed by atoms with Gasteiger partial charge in [0.15, 0.2) is 17.5 Å². The Hall–Kier alpha value is -2.35. The zero-order chi connectivity index (χ0) is 24.2. The first-order valence-corrected chi connectivity index (χ1v) is 11.8. The Morgan fingerprint density at radius 1 is 1.21 bits per heavy atom. The van der Waals surface area contributed by atoms with Crippen LogP contribution in [0, 0.1) is 11.8 Å². The minimum atomic E-state index is -1.51. The van der Waals surface area contributed by atoms with Gasteiger partial charge in [0.25, 0.3) is 0 Å². The second-order valence-electron chi connectivity index (χ2n) is 7.31. The third kappa shape index (κ3) is 5.48. The largest absolute Gasteiger partial charge is 0.470 e. The summed E-state index contributed by atoms with van der Waals surface area (Å²) in [6.07, 6.45) is -5.18. The van der Waals surface area contributed by atoms with E-state index in [1.54, 1.807) is 22.2 Å². The Labute approximate surface area is 206 Å². The lowest BCUT2D eigenvalue weighted by Crippen LogP contribution is -2.59. The van der Waals surface area contributed by atoms with Crippen molar-refractivity contribution in [1.29, 1.82) is 0 Å². The van der Waals surface area contributed by atoms with Gasteiger partial charge in [-0.2, -0.15) is 9.97 Å². The fourth-order valence-corrected chi connectivity index (χ4v) is 4.60. The van der Waals surface area contributed by atoms with E-state index < -0.39 is 37.3 Å². The Morgan fingerprint density at radius 3 is 2.76 bits per heavy atom. The van der Waals surface area contributed by atoms with Crippen LogP contribution in [0.25, 0.3) is 11.2 Å². The second-order valence-corrected chi connectivity index (χ2v) is 9.22. The summed E-state index contributed by atoms with van der Waals surface area (Å²) in [6, 6.07) is 1.95. The molecule has 1 aliphatic heterocycles. The average Bonchev–Trinajstić information content (AvgIpc) is 3.43. The number of ether oxygens (including phenoxy) is 3. The minimum Gasteiger partial charge on any atom is -0.470 e. The van der Waals surface area contributed by atoms with Crippen LogP contribution in [-0.2, 0) is 22.6 Å². The lowest BCUT2D eigenvalue weighted by molar-refractivity contribution is -0.298. The van der Waals surface area contributed by atoms with Crippen molar-refractivity contribution >= 4 is 44.4 Å². The summed E-state index contributed by atoms with van der Waals surface area (Å²) in [5, 5.41) is 40.7. The summed E-state index contributed by atoms with van der Waals surface area (Å²) in [7, 11) is 0. The van der Waals surface area contributed by atoms with E-state index in [0.29, 0.717) is 17.8 Å². The number of nitrogens with zero attached hydrogens (tertiary/aromatic N) is 4. The van der Waals surface area contributed by atoms with Crippen LogP contribution in [0.5, 0.6) is 5.88 Å². The fraction of sp³-hybridized carbons (Fsp3) is 0.450. The summed E-state index contributed by atoms with van der Waals surface area (Å²) in [5.74, 6) is 5.95. The molecule has 0 bridgehead atoms. The maximum atomic E-state index is 9.97. The van der Waals surface area contributed by atoms with Crippen LogP contribution >= 0.6 is 27.3 Å². The number of aromatic nitrogens is 4. The predicted molar refractivity (Wildman–Crippen MR) is 124 cm³/mol. The minimum absolute atomic E-state index is 0.0375. The van der Waals surface area contributed by atoms with Crippen molar-refractivity contribution in [2.45, 2.75) is 43.9 Å². The zero-order valence-corrected chi connectivity index (χ0v) is 20.0. The number of nitrogens with two attached hydrogens (primary N) is 1. The van der Waals surface area contributed by atoms with Crippen LogP contribution in [-0.4, -0.2) is 83.9 Å². The summed E-state index contributed by atoms with van der Waals surface area (Å²) < 4.78 is 19.1. The van der Waals surface area contributed by atoms with Crippen molar-refractivity contribution in [2.24, 2.45) is 0 Å². The molecule has 3 aromatic heterocycles. The molecular formula is C20H22BrN5O7S. The normalized spacial score (nSPS) is 24.7. The fourth-order valence-electron chi connectivity index (χ4n) is 3.24. The van der Waals surface area contributed by atoms with Crippen molar-refractivity contribution in [3.63, 3.8) is 0 Å². The van der Waals surface area contributed by atoms with Crippen LogP contribution < -0.4 is 10.5 Å². The molecule has 0 spiro atoms. The third-order valence-electron chi connectivity index (χ3n) is 4.96. The Bertz CT molecular complexity index is 1190. The molecule has 5 atom stereocenters. The maximum Gasteiger partial charge on any atom is 0.247 e. The molecule has 6 N–H and O–H groups in total. The van der Waals surface area contributed by atoms with Crippen LogP contribution in [0.2, 0.25) is 0 Å². The van der Waals surface area contributed by atoms with E-state index in [0.717, 1.165) is 9.35 Å². The van der Waals surface area contributed by atoms with E-state index in [9.17, 15) is 20.4 Å². The van der Waals surface area contributed by atoms with Gasteiger partial charge in [-0.25, -0.2) is 4.98 Å². The van der Waals surface area contributed by atoms with E-state index in [1.807, 2.05) is 11.4 Å². The molecule has 1 aliphatic rings. The highest BCUT2D eigenvalue weighted by Gasteiger charge is 2.43. The number of imidazole rings is 1. The molecule has 4 heterocycles. The number of hydrogen-bond donors (Lipinski definition) is 5. The molecular weight excluding hydrogens is 534 g/mol. The highest BCUT2D eigenvalue weighted by molar-refractivity contribution is 9.10. The molecule has 4 rings (SSSR count). The van der Waals surface area contributed by atoms with E-state index in [2.05, 4.69) is 42.7 Å². The summed E-state index contributed by atoms with van der Waals surface area (Å²) in [4.78, 5) is 13.7. The van der Waals surface area contributed by atoms with Gasteiger partial charge in [-0.05, 0) is 22.0 Å². The molecule has 0 aromatic carbocycles. The quantitative estimate of drug-likeness (QED) is 0.240. The van der Waals surface area contributed by atoms with Gasteiger partial charge in [-0.1, -0.05) is 11.8 Å². The number of halogens is 1. The highest BCUT2D eigenvalue weighted by Crippen LogP contribution is 2.25. The molecule has 12 nitrogen and oxygen atoms in total. The molecule has 0 amide bonds. The monoisotopic (exact) mass is 555 g/mol. The summed E-state index contributed by atoms with van der Waals surface area (Å²) in [5.41, 5.74) is 6.75. The molecule has 182 valence electrons. The van der Waals surface area contributed by atoms with E-state index in [-0.39, 0.29) is 25.0 Å². The molecule has 0 aliphatic carbocycles. The van der Waals surface area contributed by atoms with Crippen molar-refractivity contribution in [1.82, 2.24) is 19.5 Å². The van der Waals surface area contributed by atoms with Crippen LogP contribution in [0.3, 0.4) is 0 Å². The van der Waals surface area contributed by atoms with Gasteiger partial charge in [0.05, 0.1) is 19.5 Å². The van der Waals surface area contributed by atoms with Crippen LogP contribution in [0.1, 0.15) is 4.88 Å². The number of fused-ring (bicyclic) bond motifs is 1. The van der Waals surface area contributed by atoms with Gasteiger partial charge in [0.1, 0.15) is 37.6 Å². The Morgan fingerprint density at radius 2 is 2.03 bits per heavy atom. The lowest BCUT2D eigenvalue weighted by Gasteiger charge is -2.39. The van der Waals surface area contributed by atoms with Gasteiger partial charge < -0.3 is 44.9 Å². The first-order chi connectivity index (χ1) is 16.4. The van der Waals surface area contributed by atoms with Gasteiger partial charge in [0, 0.05) is 14.7 Å². The Kier molecular flexibility index (Phi) is 7.96. The molecule has 14 heteroatoms. The van der Waals surface area contributed by atoms with Crippen molar-refractivity contribution in [3.8, 4) is 17.7 Å². The van der Waals surface area contributed by atoms with Crippen LogP contribution in [0.4, 0.5) is 5.95 Å². The van der Waals surface area contributed by atoms with Gasteiger partial charge in [-0.3, -0.25) is 0 Å². The maximum absolute atomic E-state index is 9.97. The average molecular weight is 556 g/mol. The van der Waals surface area contributed by atoms with E-state index >= 15 is 0 Å². The molecule has 0 radical (unpaired) electrons. The van der Waals surface area contributed by atoms with Gasteiger partial charge in [-0.15, -0.1) is 11.3 Å². The van der Waals surface area contributed by atoms with Crippen LogP contribution in [0.15, 0.2) is 22.2 Å². The molecule has 34 heavy (non-hydrogen) atoms. The van der Waals surface area contributed by atoms with E-state index in [4.69, 9.17) is 19.9 Å². The lowest BCUT2D eigenvalue weighted by atomic mass is 9.99. The van der Waals surface area contributed by atoms with Crippen molar-refractivity contribution < 1.29 is 34.6 Å². The molecule has 2 unspecified atom stereocenters. The number of rotatable bonds is 7. The highest BCUT2D eigenvalue weighted by atomic mass is 79.9. The SMILES string of the molecule is Nc1nc(OCc2cc(Br)cs2)c2ncn(CC#CCO[C@H]3OC(CO)[C@@H](O)[C@@H](O)C3O)c2n1. The summed E-state index contributed by atoms with van der Waals surface area (Å²) >= 11 is 4.95.